The number of carboxylic acids is 1. The molecule has 0 saturated heterocycles. The molecule has 0 aromatic heterocycles. The lowest BCUT2D eigenvalue weighted by molar-refractivity contribution is -0.137. The van der Waals surface area contributed by atoms with Crippen LogP contribution in [-0.4, -0.2) is 27.1 Å². The summed E-state index contributed by atoms with van der Waals surface area (Å²) in [5.74, 6) is -1.26. The van der Waals surface area contributed by atoms with Gasteiger partial charge >= 0.3 is 5.97 Å². The SMILES string of the molecule is C=C=CS(=O)C[C@H](N)C(=O)O. The van der Waals surface area contributed by atoms with E-state index in [-0.39, 0.29) is 5.75 Å². The van der Waals surface area contributed by atoms with Crippen molar-refractivity contribution in [2.45, 2.75) is 6.04 Å². The average Bonchev–Trinajstić information content (AvgIpc) is 1.87. The van der Waals surface area contributed by atoms with Crippen molar-refractivity contribution in [2.75, 3.05) is 5.75 Å². The third kappa shape index (κ3) is 4.50. The third-order valence-corrected chi connectivity index (χ3v) is 1.99. The molecule has 0 aromatic rings. The fourth-order valence-electron chi connectivity index (χ4n) is 0.389. The summed E-state index contributed by atoms with van der Waals surface area (Å²) in [5, 5.41) is 9.47. The van der Waals surface area contributed by atoms with Crippen LogP contribution in [0.1, 0.15) is 0 Å². The highest BCUT2D eigenvalue weighted by atomic mass is 32.2. The van der Waals surface area contributed by atoms with E-state index in [2.05, 4.69) is 12.3 Å². The molecule has 11 heavy (non-hydrogen) atoms. The van der Waals surface area contributed by atoms with Crippen LogP contribution in [0.15, 0.2) is 17.7 Å². The van der Waals surface area contributed by atoms with Gasteiger partial charge in [0.25, 0.3) is 0 Å². The number of nitrogens with two attached hydrogens (primary N) is 1. The van der Waals surface area contributed by atoms with Crippen molar-refractivity contribution in [3.63, 3.8) is 0 Å². The fourth-order valence-corrected chi connectivity index (χ4v) is 1.17. The summed E-state index contributed by atoms with van der Waals surface area (Å²) in [6.07, 6.45) is 0. The van der Waals surface area contributed by atoms with Crippen LogP contribution in [0.2, 0.25) is 0 Å². The van der Waals surface area contributed by atoms with Gasteiger partial charge in [-0.15, -0.1) is 5.73 Å². The highest BCUT2D eigenvalue weighted by molar-refractivity contribution is 7.88. The van der Waals surface area contributed by atoms with Gasteiger partial charge in [0.05, 0.1) is 16.6 Å². The minimum atomic E-state index is -1.38. The Labute approximate surface area is 66.9 Å². The monoisotopic (exact) mass is 175 g/mol. The number of rotatable bonds is 4. The normalized spacial score (nSPS) is 14.6. The Bertz CT molecular complexity index is 220. The van der Waals surface area contributed by atoms with E-state index < -0.39 is 22.8 Å². The van der Waals surface area contributed by atoms with Crippen LogP contribution in [0.3, 0.4) is 0 Å². The zero-order valence-corrected chi connectivity index (χ0v) is 6.63. The molecule has 0 aromatic carbocycles. The lowest BCUT2D eigenvalue weighted by atomic mass is 10.4. The molecule has 0 aliphatic heterocycles. The first-order valence-electron chi connectivity index (χ1n) is 2.79. The van der Waals surface area contributed by atoms with Crippen LogP contribution in [-0.2, 0) is 15.6 Å². The maximum atomic E-state index is 10.8. The number of hydrogen-bond donors (Lipinski definition) is 2. The minimum Gasteiger partial charge on any atom is -0.480 e. The molecule has 0 amide bonds. The van der Waals surface area contributed by atoms with Crippen LogP contribution < -0.4 is 5.73 Å². The van der Waals surface area contributed by atoms with Gasteiger partial charge in [0.15, 0.2) is 0 Å². The lowest BCUT2D eigenvalue weighted by Crippen LogP contribution is -2.35. The van der Waals surface area contributed by atoms with Crippen LogP contribution in [0.4, 0.5) is 0 Å². The van der Waals surface area contributed by atoms with Crippen molar-refractivity contribution in [1.82, 2.24) is 0 Å². The van der Waals surface area contributed by atoms with Gasteiger partial charge in [0.1, 0.15) is 6.04 Å². The summed E-state index contributed by atoms with van der Waals surface area (Å²) in [6, 6.07) is -1.08. The van der Waals surface area contributed by atoms with Gasteiger partial charge in [-0.2, -0.15) is 0 Å². The molecule has 0 bridgehead atoms. The summed E-state index contributed by atoms with van der Waals surface area (Å²) >= 11 is 0. The van der Waals surface area contributed by atoms with E-state index >= 15 is 0 Å². The molecule has 2 atom stereocenters. The van der Waals surface area contributed by atoms with Crippen molar-refractivity contribution in [3.8, 4) is 0 Å². The molecule has 0 spiro atoms. The highest BCUT2D eigenvalue weighted by Gasteiger charge is 2.13. The van der Waals surface area contributed by atoms with E-state index in [0.29, 0.717) is 0 Å². The number of carbonyl (C=O) groups is 1. The maximum absolute atomic E-state index is 10.8. The van der Waals surface area contributed by atoms with Gasteiger partial charge in [-0.1, -0.05) is 6.58 Å². The van der Waals surface area contributed by atoms with E-state index in [1.54, 1.807) is 0 Å². The standard InChI is InChI=1S/C6H9NO3S/c1-2-3-11(10)4-5(7)6(8)9/h3,5H,1,4,7H2,(H,8,9)/t5-,11?/m0/s1. The highest BCUT2D eigenvalue weighted by Crippen LogP contribution is 1.87. The summed E-state index contributed by atoms with van der Waals surface area (Å²) in [5.41, 5.74) is 7.37. The lowest BCUT2D eigenvalue weighted by Gasteiger charge is -2.01. The maximum Gasteiger partial charge on any atom is 0.321 e. The third-order valence-electron chi connectivity index (χ3n) is 0.876. The summed E-state index contributed by atoms with van der Waals surface area (Å²) in [7, 11) is -1.38. The van der Waals surface area contributed by atoms with Gasteiger partial charge in [0, 0.05) is 5.41 Å². The Morgan fingerprint density at radius 2 is 2.45 bits per heavy atom. The number of carboxylic acid groups (broad SMARTS) is 1. The molecule has 0 aliphatic rings. The van der Waals surface area contributed by atoms with E-state index in [0.717, 1.165) is 0 Å². The molecule has 0 fully saturated rings. The molecule has 0 saturated carbocycles. The molecule has 3 N–H and O–H groups in total. The topological polar surface area (TPSA) is 80.4 Å². The molecular weight excluding hydrogens is 166 g/mol. The molecular formula is C6H9NO3S. The Balaban J connectivity index is 3.94. The molecule has 0 rings (SSSR count). The predicted octanol–water partition coefficient (Wildman–Crippen LogP) is -0.554. The number of aliphatic carboxylic acids is 1. The minimum absolute atomic E-state index is 0.0994. The van der Waals surface area contributed by atoms with Gasteiger partial charge in [-0.05, 0) is 0 Å². The Hall–Kier alpha value is -0.900. The summed E-state index contributed by atoms with van der Waals surface area (Å²) in [6.45, 7) is 3.19. The van der Waals surface area contributed by atoms with Gasteiger partial charge in [-0.25, -0.2) is 0 Å². The first kappa shape index (κ1) is 10.1. The summed E-state index contributed by atoms with van der Waals surface area (Å²) < 4.78 is 10.8. The van der Waals surface area contributed by atoms with E-state index in [4.69, 9.17) is 10.8 Å². The number of hydrogen-bond acceptors (Lipinski definition) is 3. The van der Waals surface area contributed by atoms with Crippen molar-refractivity contribution >= 4 is 16.8 Å². The second kappa shape index (κ2) is 4.85. The van der Waals surface area contributed by atoms with E-state index in [1.807, 2.05) is 0 Å². The Kier molecular flexibility index (Phi) is 4.45. The summed E-state index contributed by atoms with van der Waals surface area (Å²) in [4.78, 5) is 10.1. The largest absolute Gasteiger partial charge is 0.480 e. The molecule has 62 valence electrons. The molecule has 1 unspecified atom stereocenters. The van der Waals surface area contributed by atoms with Crippen molar-refractivity contribution in [3.05, 3.63) is 17.7 Å². The first-order valence-corrected chi connectivity index (χ1v) is 4.17. The Morgan fingerprint density at radius 3 is 2.82 bits per heavy atom. The van der Waals surface area contributed by atoms with Crippen LogP contribution in [0.25, 0.3) is 0 Å². The molecule has 4 nitrogen and oxygen atoms in total. The molecule has 5 heteroatoms. The van der Waals surface area contributed by atoms with Gasteiger partial charge in [-0.3, -0.25) is 9.00 Å². The molecule has 0 radical (unpaired) electrons. The zero-order chi connectivity index (χ0) is 8.85. The molecule has 0 aliphatic carbocycles. The predicted molar refractivity (Wildman–Crippen MR) is 42.3 cm³/mol. The quantitative estimate of drug-likeness (QED) is 0.561. The van der Waals surface area contributed by atoms with Crippen molar-refractivity contribution < 1.29 is 14.1 Å². The van der Waals surface area contributed by atoms with Crippen LogP contribution in [0, 0.1) is 0 Å². The van der Waals surface area contributed by atoms with Crippen LogP contribution in [0.5, 0.6) is 0 Å². The molecule has 0 heterocycles. The smallest absolute Gasteiger partial charge is 0.321 e. The average molecular weight is 175 g/mol. The van der Waals surface area contributed by atoms with Gasteiger partial charge < -0.3 is 10.8 Å². The second-order valence-corrected chi connectivity index (χ2v) is 3.14. The van der Waals surface area contributed by atoms with Gasteiger partial charge in [0.2, 0.25) is 0 Å². The first-order chi connectivity index (χ1) is 5.07. The van der Waals surface area contributed by atoms with E-state index in [9.17, 15) is 9.00 Å². The zero-order valence-electron chi connectivity index (χ0n) is 5.82. The van der Waals surface area contributed by atoms with Crippen molar-refractivity contribution in [2.24, 2.45) is 5.73 Å². The van der Waals surface area contributed by atoms with Crippen molar-refractivity contribution in [1.29, 1.82) is 0 Å². The Morgan fingerprint density at radius 1 is 1.91 bits per heavy atom. The van der Waals surface area contributed by atoms with Crippen LogP contribution >= 0.6 is 0 Å². The second-order valence-electron chi connectivity index (χ2n) is 1.81. The fraction of sp³-hybridized carbons (Fsp3) is 0.333. The van der Waals surface area contributed by atoms with E-state index in [1.165, 1.54) is 5.41 Å².